The van der Waals surface area contributed by atoms with Gasteiger partial charge in [-0.3, -0.25) is 10.1 Å². The molecule has 20 heavy (non-hydrogen) atoms. The second-order valence-electron chi connectivity index (χ2n) is 6.87. The van der Waals surface area contributed by atoms with Gasteiger partial charge in [0.05, 0.1) is 6.61 Å². The Morgan fingerprint density at radius 3 is 2.55 bits per heavy atom. The Morgan fingerprint density at radius 2 is 2.00 bits per heavy atom. The summed E-state index contributed by atoms with van der Waals surface area (Å²) < 4.78 is 5.37. The maximum atomic E-state index is 12.4. The highest BCUT2D eigenvalue weighted by molar-refractivity contribution is 5.81. The van der Waals surface area contributed by atoms with Gasteiger partial charge in [-0.2, -0.15) is 0 Å². The highest BCUT2D eigenvalue weighted by atomic mass is 16.5. The van der Waals surface area contributed by atoms with E-state index < -0.39 is 5.54 Å². The van der Waals surface area contributed by atoms with Gasteiger partial charge in [0.15, 0.2) is 0 Å². The normalized spacial score (nSPS) is 34.2. The fourth-order valence-electron chi connectivity index (χ4n) is 3.72. The van der Waals surface area contributed by atoms with Gasteiger partial charge in [0.1, 0.15) is 5.54 Å². The number of hydrogen-bond donors (Lipinski definition) is 1. The summed E-state index contributed by atoms with van der Waals surface area (Å²) in [5.41, 5.74) is -0.403. The number of carbonyl (C=O) groups is 1. The monoisotopic (exact) mass is 280 g/mol. The Balaban J connectivity index is 1.66. The van der Waals surface area contributed by atoms with Crippen LogP contribution in [-0.4, -0.2) is 48.2 Å². The van der Waals surface area contributed by atoms with Gasteiger partial charge < -0.3 is 9.64 Å². The largest absolute Gasteiger partial charge is 0.465 e. The molecular formula is C16H28N2O2. The molecule has 0 saturated heterocycles. The third-order valence-electron chi connectivity index (χ3n) is 5.44. The van der Waals surface area contributed by atoms with Gasteiger partial charge in [0, 0.05) is 18.1 Å². The van der Waals surface area contributed by atoms with Crippen molar-refractivity contribution in [3.05, 3.63) is 0 Å². The second kappa shape index (κ2) is 5.64. The van der Waals surface area contributed by atoms with E-state index in [-0.39, 0.29) is 5.97 Å². The second-order valence-corrected chi connectivity index (χ2v) is 6.87. The van der Waals surface area contributed by atoms with E-state index >= 15 is 0 Å². The van der Waals surface area contributed by atoms with Crippen LogP contribution in [0.5, 0.6) is 0 Å². The van der Waals surface area contributed by atoms with Crippen LogP contribution < -0.4 is 5.32 Å². The molecule has 1 N–H and O–H groups in total. The van der Waals surface area contributed by atoms with Crippen LogP contribution >= 0.6 is 0 Å². The summed E-state index contributed by atoms with van der Waals surface area (Å²) in [5.74, 6) is -0.0172. The number of esters is 1. The molecule has 4 nitrogen and oxygen atoms in total. The van der Waals surface area contributed by atoms with Crippen molar-refractivity contribution < 1.29 is 9.53 Å². The highest BCUT2D eigenvalue weighted by Crippen LogP contribution is 2.39. The first-order chi connectivity index (χ1) is 9.64. The van der Waals surface area contributed by atoms with Crippen LogP contribution in [0.4, 0.5) is 0 Å². The van der Waals surface area contributed by atoms with E-state index in [1.54, 1.807) is 0 Å². The molecular weight excluding hydrogens is 252 g/mol. The smallest absolute Gasteiger partial charge is 0.326 e. The quantitative estimate of drug-likeness (QED) is 0.756. The van der Waals surface area contributed by atoms with E-state index in [9.17, 15) is 4.79 Å². The van der Waals surface area contributed by atoms with Crippen LogP contribution in [0.25, 0.3) is 0 Å². The number of nitrogens with zero attached hydrogens (tertiary/aromatic N) is 1. The minimum atomic E-state index is -0.403. The highest BCUT2D eigenvalue weighted by Gasteiger charge is 2.50. The van der Waals surface area contributed by atoms with Gasteiger partial charge in [-0.05, 0) is 58.9 Å². The first-order valence-corrected chi connectivity index (χ1v) is 8.31. The lowest BCUT2D eigenvalue weighted by atomic mass is 9.90. The molecule has 0 aromatic heterocycles. The van der Waals surface area contributed by atoms with Gasteiger partial charge in [-0.25, -0.2) is 0 Å². The minimum Gasteiger partial charge on any atom is -0.465 e. The van der Waals surface area contributed by atoms with E-state index in [1.165, 1.54) is 32.1 Å². The van der Waals surface area contributed by atoms with Crippen molar-refractivity contribution in [2.45, 2.75) is 82.0 Å². The Kier molecular flexibility index (Phi) is 4.04. The molecule has 0 aliphatic heterocycles. The van der Waals surface area contributed by atoms with Crippen molar-refractivity contribution in [3.8, 4) is 0 Å². The summed E-state index contributed by atoms with van der Waals surface area (Å²) in [7, 11) is 2.24. The summed E-state index contributed by atoms with van der Waals surface area (Å²) >= 11 is 0. The third kappa shape index (κ3) is 2.73. The Hall–Kier alpha value is -0.610. The van der Waals surface area contributed by atoms with Gasteiger partial charge in [0.2, 0.25) is 0 Å². The fourth-order valence-corrected chi connectivity index (χ4v) is 3.72. The average molecular weight is 280 g/mol. The lowest BCUT2D eigenvalue weighted by Crippen LogP contribution is -2.53. The predicted molar refractivity (Wildman–Crippen MR) is 78.6 cm³/mol. The topological polar surface area (TPSA) is 41.6 Å². The molecule has 0 bridgehead atoms. The number of rotatable bonds is 6. The summed E-state index contributed by atoms with van der Waals surface area (Å²) in [6.07, 6.45) is 9.43. The van der Waals surface area contributed by atoms with Crippen molar-refractivity contribution in [1.29, 1.82) is 0 Å². The maximum absolute atomic E-state index is 12.4. The van der Waals surface area contributed by atoms with Crippen molar-refractivity contribution in [3.63, 3.8) is 0 Å². The summed E-state index contributed by atoms with van der Waals surface area (Å²) in [4.78, 5) is 15.0. The number of hydrogen-bond acceptors (Lipinski definition) is 4. The molecule has 0 aromatic rings. The van der Waals surface area contributed by atoms with Gasteiger partial charge in [0.25, 0.3) is 0 Å². The fraction of sp³-hybridized carbons (Fsp3) is 0.938. The van der Waals surface area contributed by atoms with Crippen LogP contribution in [0.1, 0.15) is 58.3 Å². The molecule has 2 unspecified atom stereocenters. The molecule has 0 radical (unpaired) electrons. The van der Waals surface area contributed by atoms with Crippen LogP contribution in [0, 0.1) is 0 Å². The minimum absolute atomic E-state index is 0.0172. The molecule has 2 atom stereocenters. The Bertz CT molecular complexity index is 365. The maximum Gasteiger partial charge on any atom is 0.326 e. The molecule has 3 saturated carbocycles. The standard InChI is InChI=1S/C16H28N2O2/c1-3-20-15(19)16(17-12-7-8-12)10-9-14(11-16)18(2)13-5-4-6-13/h12-14,17H,3-11H2,1-2H3. The molecule has 0 spiro atoms. The zero-order valence-electron chi connectivity index (χ0n) is 12.9. The average Bonchev–Trinajstić information content (AvgIpc) is 3.04. The lowest BCUT2D eigenvalue weighted by Gasteiger charge is -2.39. The van der Waals surface area contributed by atoms with E-state index in [0.717, 1.165) is 25.3 Å². The predicted octanol–water partition coefficient (Wildman–Crippen LogP) is 2.08. The first kappa shape index (κ1) is 14.3. The van der Waals surface area contributed by atoms with Crippen LogP contribution in [0.15, 0.2) is 0 Å². The molecule has 4 heteroatoms. The zero-order valence-corrected chi connectivity index (χ0v) is 12.9. The van der Waals surface area contributed by atoms with E-state index in [0.29, 0.717) is 18.7 Å². The first-order valence-electron chi connectivity index (χ1n) is 8.31. The van der Waals surface area contributed by atoms with Crippen LogP contribution in [0.2, 0.25) is 0 Å². The van der Waals surface area contributed by atoms with Crippen LogP contribution in [-0.2, 0) is 9.53 Å². The van der Waals surface area contributed by atoms with Crippen molar-refractivity contribution >= 4 is 5.97 Å². The van der Waals surface area contributed by atoms with Crippen molar-refractivity contribution in [1.82, 2.24) is 10.2 Å². The summed E-state index contributed by atoms with van der Waals surface area (Å²) in [5, 5.41) is 3.61. The van der Waals surface area contributed by atoms with Gasteiger partial charge in [-0.1, -0.05) is 6.42 Å². The van der Waals surface area contributed by atoms with Crippen molar-refractivity contribution in [2.24, 2.45) is 0 Å². The number of nitrogens with one attached hydrogen (secondary N) is 1. The Labute approximate surface area is 122 Å². The third-order valence-corrected chi connectivity index (χ3v) is 5.44. The van der Waals surface area contributed by atoms with Crippen molar-refractivity contribution in [2.75, 3.05) is 13.7 Å². The lowest BCUT2D eigenvalue weighted by molar-refractivity contribution is -0.151. The SMILES string of the molecule is CCOC(=O)C1(NC2CC2)CCC(N(C)C2CCC2)C1. The van der Waals surface area contributed by atoms with E-state index in [1.807, 2.05) is 6.92 Å². The molecule has 0 aromatic carbocycles. The molecule has 3 fully saturated rings. The molecule has 0 amide bonds. The zero-order chi connectivity index (χ0) is 14.2. The van der Waals surface area contributed by atoms with Crippen LogP contribution in [0.3, 0.4) is 0 Å². The number of ether oxygens (including phenoxy) is 1. The summed E-state index contributed by atoms with van der Waals surface area (Å²) in [6, 6.07) is 1.84. The van der Waals surface area contributed by atoms with Gasteiger partial charge in [-0.15, -0.1) is 0 Å². The van der Waals surface area contributed by atoms with E-state index in [4.69, 9.17) is 4.74 Å². The molecule has 114 valence electrons. The summed E-state index contributed by atoms with van der Waals surface area (Å²) in [6.45, 7) is 2.38. The molecule has 3 rings (SSSR count). The molecule has 0 heterocycles. The molecule has 3 aliphatic rings. The number of carbonyl (C=O) groups excluding carboxylic acids is 1. The molecule has 3 aliphatic carbocycles. The van der Waals surface area contributed by atoms with E-state index in [2.05, 4.69) is 17.3 Å². The Morgan fingerprint density at radius 1 is 1.25 bits per heavy atom. The van der Waals surface area contributed by atoms with Gasteiger partial charge >= 0.3 is 5.97 Å².